The molecule has 2 aliphatic heterocycles. The molecule has 1 spiro atoms. The first-order valence-corrected chi connectivity index (χ1v) is 7.01. The first-order valence-electron chi connectivity index (χ1n) is 7.01. The number of carbonyl (C=O) groups is 2. The average molecular weight is 268 g/mol. The topological polar surface area (TPSA) is 69.6 Å². The molecule has 19 heavy (non-hydrogen) atoms. The Kier molecular flexibility index (Phi) is 3.49. The van der Waals surface area contributed by atoms with E-state index < -0.39 is 6.09 Å². The number of carbonyl (C=O) groups excluding carboxylic acids is 1. The Balaban J connectivity index is 1.99. The molecule has 1 atom stereocenters. The molecule has 0 radical (unpaired) electrons. The maximum Gasteiger partial charge on any atom is 0.407 e. The number of carboxylic acid groups (broad SMARTS) is 1. The summed E-state index contributed by atoms with van der Waals surface area (Å²) in [7, 11) is 0. The fraction of sp³-hybridized carbons (Fsp3) is 0.857. The minimum atomic E-state index is -0.875. The van der Waals surface area contributed by atoms with Crippen molar-refractivity contribution in [3.8, 4) is 0 Å². The molecule has 2 N–H and O–H groups in total. The summed E-state index contributed by atoms with van der Waals surface area (Å²) in [6.07, 6.45) is 2.27. The van der Waals surface area contributed by atoms with Gasteiger partial charge in [0.25, 0.3) is 0 Å². The standard InChI is InChI=1S/C14H24N2O3/c1-13(2,3)8-10-9-14(11(17)15-10)4-6-16(7-5-14)12(18)19/h10H,4-9H2,1-3H3,(H,15,17)(H,18,19). The van der Waals surface area contributed by atoms with Crippen LogP contribution in [0.25, 0.3) is 0 Å². The van der Waals surface area contributed by atoms with Gasteiger partial charge in [-0.15, -0.1) is 0 Å². The normalized spacial score (nSPS) is 26.6. The van der Waals surface area contributed by atoms with E-state index in [1.165, 1.54) is 4.90 Å². The molecule has 2 saturated heterocycles. The van der Waals surface area contributed by atoms with Crippen molar-refractivity contribution in [2.24, 2.45) is 10.8 Å². The minimum Gasteiger partial charge on any atom is -0.465 e. The monoisotopic (exact) mass is 268 g/mol. The lowest BCUT2D eigenvalue weighted by Crippen LogP contribution is -2.45. The van der Waals surface area contributed by atoms with Gasteiger partial charge in [-0.2, -0.15) is 0 Å². The molecule has 0 bridgehead atoms. The number of nitrogens with one attached hydrogen (secondary N) is 1. The number of rotatable bonds is 1. The largest absolute Gasteiger partial charge is 0.465 e. The quantitative estimate of drug-likeness (QED) is 0.765. The molecule has 0 aliphatic carbocycles. The van der Waals surface area contributed by atoms with Crippen LogP contribution in [0.5, 0.6) is 0 Å². The molecule has 0 aromatic rings. The third-order valence-corrected chi connectivity index (χ3v) is 4.30. The molecule has 108 valence electrons. The highest BCUT2D eigenvalue weighted by Crippen LogP contribution is 2.42. The van der Waals surface area contributed by atoms with Crippen molar-refractivity contribution in [2.45, 2.75) is 52.5 Å². The molecule has 2 fully saturated rings. The van der Waals surface area contributed by atoms with E-state index in [2.05, 4.69) is 26.1 Å². The summed E-state index contributed by atoms with van der Waals surface area (Å²) in [4.78, 5) is 24.6. The van der Waals surface area contributed by atoms with Crippen LogP contribution >= 0.6 is 0 Å². The third-order valence-electron chi connectivity index (χ3n) is 4.30. The summed E-state index contributed by atoms with van der Waals surface area (Å²) in [6, 6.07) is 0.240. The van der Waals surface area contributed by atoms with E-state index in [4.69, 9.17) is 5.11 Å². The second kappa shape index (κ2) is 4.69. The van der Waals surface area contributed by atoms with E-state index in [0.717, 1.165) is 12.8 Å². The maximum absolute atomic E-state index is 12.2. The van der Waals surface area contributed by atoms with Gasteiger partial charge in [0.1, 0.15) is 0 Å². The van der Waals surface area contributed by atoms with E-state index in [9.17, 15) is 9.59 Å². The zero-order chi connectivity index (χ0) is 14.3. The van der Waals surface area contributed by atoms with E-state index in [1.54, 1.807) is 0 Å². The summed E-state index contributed by atoms with van der Waals surface area (Å²) in [5.74, 6) is 0.131. The molecule has 5 nitrogen and oxygen atoms in total. The van der Waals surface area contributed by atoms with E-state index in [0.29, 0.717) is 25.9 Å². The number of hydrogen-bond acceptors (Lipinski definition) is 2. The molecule has 2 aliphatic rings. The Morgan fingerprint density at radius 3 is 2.47 bits per heavy atom. The zero-order valence-corrected chi connectivity index (χ0v) is 12.0. The van der Waals surface area contributed by atoms with Gasteiger partial charge in [-0.25, -0.2) is 4.79 Å². The van der Waals surface area contributed by atoms with Gasteiger partial charge in [0.15, 0.2) is 0 Å². The molecule has 2 rings (SSSR count). The first-order chi connectivity index (χ1) is 8.72. The number of hydrogen-bond donors (Lipinski definition) is 2. The molecule has 5 heteroatoms. The third kappa shape index (κ3) is 3.01. The summed E-state index contributed by atoms with van der Waals surface area (Å²) in [5, 5.41) is 12.1. The zero-order valence-electron chi connectivity index (χ0n) is 12.0. The van der Waals surface area contributed by atoms with Crippen molar-refractivity contribution in [1.82, 2.24) is 10.2 Å². The van der Waals surface area contributed by atoms with Gasteiger partial charge in [0.2, 0.25) is 5.91 Å². The predicted octanol–water partition coefficient (Wildman–Crippen LogP) is 2.07. The van der Waals surface area contributed by atoms with Crippen LogP contribution in [0.15, 0.2) is 0 Å². The van der Waals surface area contributed by atoms with Crippen molar-refractivity contribution in [3.05, 3.63) is 0 Å². The van der Waals surface area contributed by atoms with Crippen molar-refractivity contribution >= 4 is 12.0 Å². The second-order valence-electron chi connectivity index (χ2n) is 7.19. The van der Waals surface area contributed by atoms with Crippen molar-refractivity contribution < 1.29 is 14.7 Å². The highest BCUT2D eigenvalue weighted by Gasteiger charge is 2.49. The first kappa shape index (κ1) is 14.2. The number of amides is 2. The van der Waals surface area contributed by atoms with E-state index in [-0.39, 0.29) is 22.8 Å². The van der Waals surface area contributed by atoms with Gasteiger partial charge in [-0.05, 0) is 31.1 Å². The van der Waals surface area contributed by atoms with Gasteiger partial charge < -0.3 is 15.3 Å². The Morgan fingerprint density at radius 1 is 1.42 bits per heavy atom. The SMILES string of the molecule is CC(C)(C)CC1CC2(CCN(C(=O)O)CC2)C(=O)N1. The van der Waals surface area contributed by atoms with Crippen LogP contribution < -0.4 is 5.32 Å². The minimum absolute atomic E-state index is 0.131. The van der Waals surface area contributed by atoms with E-state index >= 15 is 0 Å². The predicted molar refractivity (Wildman–Crippen MR) is 71.9 cm³/mol. The van der Waals surface area contributed by atoms with Gasteiger partial charge in [-0.1, -0.05) is 20.8 Å². The number of likely N-dealkylation sites (tertiary alicyclic amines) is 1. The van der Waals surface area contributed by atoms with Crippen LogP contribution in [-0.4, -0.2) is 41.1 Å². The fourth-order valence-electron chi connectivity index (χ4n) is 3.37. The summed E-state index contributed by atoms with van der Waals surface area (Å²) in [6.45, 7) is 7.49. The average Bonchev–Trinajstić information content (AvgIpc) is 2.53. The Morgan fingerprint density at radius 2 is 2.00 bits per heavy atom. The lowest BCUT2D eigenvalue weighted by atomic mass is 9.74. The van der Waals surface area contributed by atoms with Crippen LogP contribution in [0, 0.1) is 10.8 Å². The van der Waals surface area contributed by atoms with Gasteiger partial charge in [0.05, 0.1) is 5.41 Å². The van der Waals surface area contributed by atoms with Crippen LogP contribution in [0.1, 0.15) is 46.5 Å². The maximum atomic E-state index is 12.2. The molecule has 0 aromatic carbocycles. The van der Waals surface area contributed by atoms with Gasteiger partial charge in [-0.3, -0.25) is 4.79 Å². The highest BCUT2D eigenvalue weighted by atomic mass is 16.4. The highest BCUT2D eigenvalue weighted by molar-refractivity contribution is 5.85. The van der Waals surface area contributed by atoms with Crippen LogP contribution in [0.3, 0.4) is 0 Å². The lowest BCUT2D eigenvalue weighted by Gasteiger charge is -2.36. The fourth-order valence-corrected chi connectivity index (χ4v) is 3.37. The summed E-state index contributed by atoms with van der Waals surface area (Å²) in [5.41, 5.74) is -0.118. The Bertz CT molecular complexity index is 379. The van der Waals surface area contributed by atoms with Crippen molar-refractivity contribution in [2.75, 3.05) is 13.1 Å². The van der Waals surface area contributed by atoms with Gasteiger partial charge >= 0.3 is 6.09 Å². The number of nitrogens with zero attached hydrogens (tertiary/aromatic N) is 1. The molecule has 2 heterocycles. The molecule has 1 unspecified atom stereocenters. The second-order valence-corrected chi connectivity index (χ2v) is 7.19. The smallest absolute Gasteiger partial charge is 0.407 e. The number of piperidine rings is 1. The van der Waals surface area contributed by atoms with Crippen molar-refractivity contribution in [1.29, 1.82) is 0 Å². The van der Waals surface area contributed by atoms with E-state index in [1.807, 2.05) is 0 Å². The van der Waals surface area contributed by atoms with Crippen LogP contribution in [-0.2, 0) is 4.79 Å². The molecular formula is C14H24N2O3. The molecule has 2 amide bonds. The lowest BCUT2D eigenvalue weighted by molar-refractivity contribution is -0.129. The molecule has 0 saturated carbocycles. The molecular weight excluding hydrogens is 244 g/mol. The van der Waals surface area contributed by atoms with Crippen molar-refractivity contribution in [3.63, 3.8) is 0 Å². The summed E-state index contributed by atoms with van der Waals surface area (Å²) < 4.78 is 0. The summed E-state index contributed by atoms with van der Waals surface area (Å²) >= 11 is 0. The Hall–Kier alpha value is -1.26. The Labute approximate surface area is 114 Å². The van der Waals surface area contributed by atoms with Crippen LogP contribution in [0.4, 0.5) is 4.79 Å². The van der Waals surface area contributed by atoms with Gasteiger partial charge in [0, 0.05) is 19.1 Å². The molecule has 0 aromatic heterocycles. The van der Waals surface area contributed by atoms with Crippen LogP contribution in [0.2, 0.25) is 0 Å².